The van der Waals surface area contributed by atoms with Gasteiger partial charge in [0.25, 0.3) is 11.1 Å². The lowest BCUT2D eigenvalue weighted by Crippen LogP contribution is -1.97. The van der Waals surface area contributed by atoms with Crippen LogP contribution in [0.1, 0.15) is 0 Å². The maximum absolute atomic E-state index is 10.3. The molecule has 15 heavy (non-hydrogen) atoms. The molecule has 2 aromatic rings. The fraction of sp³-hybridized carbons (Fsp3) is 0.143. The molecule has 2 aromatic heterocycles. The summed E-state index contributed by atoms with van der Waals surface area (Å²) < 4.78 is 5.23. The summed E-state index contributed by atoms with van der Waals surface area (Å²) >= 11 is 2.37. The molecule has 0 unspecified atom stereocenters. The Morgan fingerprint density at radius 2 is 2.47 bits per heavy atom. The maximum Gasteiger partial charge on any atom is 0.314 e. The Morgan fingerprint density at radius 1 is 1.60 bits per heavy atom. The number of thiazole rings is 1. The van der Waals surface area contributed by atoms with Crippen molar-refractivity contribution in [1.29, 1.82) is 0 Å². The average Bonchev–Trinajstić information content (AvgIpc) is 2.85. The second-order valence-electron chi connectivity index (χ2n) is 2.42. The summed E-state index contributed by atoms with van der Waals surface area (Å²) in [6.45, 7) is 0. The van der Waals surface area contributed by atoms with Gasteiger partial charge in [0.15, 0.2) is 0 Å². The number of aromatic nitrogens is 3. The Morgan fingerprint density at radius 3 is 3.13 bits per heavy atom. The first-order valence-corrected chi connectivity index (χ1v) is 5.69. The smallest absolute Gasteiger partial charge is 0.314 e. The second kappa shape index (κ2) is 4.41. The lowest BCUT2D eigenvalue weighted by Gasteiger charge is -1.88. The van der Waals surface area contributed by atoms with Crippen molar-refractivity contribution in [3.63, 3.8) is 0 Å². The number of hydrogen-bond donors (Lipinski definition) is 1. The zero-order valence-corrected chi connectivity index (χ0v) is 8.92. The number of thioether (sulfide) groups is 1. The topological polar surface area (TPSA) is 89.1 Å². The van der Waals surface area contributed by atoms with Crippen molar-refractivity contribution in [3.05, 3.63) is 11.7 Å². The third kappa shape index (κ3) is 2.54. The van der Waals surface area contributed by atoms with E-state index in [2.05, 4.69) is 15.2 Å². The molecule has 0 aliphatic carbocycles. The predicted molar refractivity (Wildman–Crippen MR) is 53.8 cm³/mol. The first-order chi connectivity index (χ1) is 7.25. The van der Waals surface area contributed by atoms with Gasteiger partial charge in [0.2, 0.25) is 0 Å². The molecule has 0 bridgehead atoms. The minimum atomic E-state index is -0.919. The van der Waals surface area contributed by atoms with E-state index in [0.717, 1.165) is 16.6 Å². The number of nitrogens with zero attached hydrogens (tertiary/aromatic N) is 3. The monoisotopic (exact) mass is 243 g/mol. The molecule has 0 saturated heterocycles. The van der Waals surface area contributed by atoms with E-state index < -0.39 is 5.97 Å². The fourth-order valence-electron chi connectivity index (χ4n) is 0.813. The van der Waals surface area contributed by atoms with Gasteiger partial charge in [-0.2, -0.15) is 0 Å². The van der Waals surface area contributed by atoms with Crippen LogP contribution in [0, 0.1) is 0 Å². The van der Waals surface area contributed by atoms with E-state index in [-0.39, 0.29) is 11.0 Å². The fourth-order valence-corrected chi connectivity index (χ4v) is 1.84. The first kappa shape index (κ1) is 10.1. The third-order valence-corrected chi connectivity index (χ3v) is 2.93. The molecule has 0 aliphatic rings. The van der Waals surface area contributed by atoms with Crippen LogP contribution in [-0.4, -0.2) is 32.0 Å². The Kier molecular flexibility index (Phi) is 2.97. The summed E-state index contributed by atoms with van der Waals surface area (Å²) in [5, 5.41) is 16.2. The molecule has 8 heteroatoms. The summed E-state index contributed by atoms with van der Waals surface area (Å²) in [4.78, 5) is 14.9. The van der Waals surface area contributed by atoms with Gasteiger partial charge < -0.3 is 9.52 Å². The van der Waals surface area contributed by atoms with E-state index in [9.17, 15) is 4.79 Å². The Balaban J connectivity index is 2.08. The molecule has 0 saturated carbocycles. The zero-order valence-electron chi connectivity index (χ0n) is 7.28. The van der Waals surface area contributed by atoms with Gasteiger partial charge in [-0.15, -0.1) is 21.5 Å². The standard InChI is InChI=1S/C7H5N3O3S2/c11-5(12)2-14-7-10-9-6(13-7)4-1-8-3-15-4/h1,3H,2H2,(H,11,12). The number of rotatable bonds is 4. The highest BCUT2D eigenvalue weighted by Crippen LogP contribution is 2.25. The molecular weight excluding hydrogens is 238 g/mol. The SMILES string of the molecule is O=C(O)CSc1nnc(-c2cncs2)o1. The maximum atomic E-state index is 10.3. The van der Waals surface area contributed by atoms with Crippen LogP contribution in [0.3, 0.4) is 0 Å². The van der Waals surface area contributed by atoms with E-state index in [1.54, 1.807) is 11.7 Å². The predicted octanol–water partition coefficient (Wildman–Crippen LogP) is 1.37. The first-order valence-electron chi connectivity index (χ1n) is 3.82. The molecule has 78 valence electrons. The van der Waals surface area contributed by atoms with Crippen LogP contribution in [0.2, 0.25) is 0 Å². The highest BCUT2D eigenvalue weighted by atomic mass is 32.2. The van der Waals surface area contributed by atoms with Crippen molar-refractivity contribution >= 4 is 29.1 Å². The van der Waals surface area contributed by atoms with Crippen molar-refractivity contribution in [2.45, 2.75) is 5.22 Å². The van der Waals surface area contributed by atoms with Crippen LogP contribution in [-0.2, 0) is 4.79 Å². The molecule has 6 nitrogen and oxygen atoms in total. The van der Waals surface area contributed by atoms with Gasteiger partial charge in [-0.3, -0.25) is 9.78 Å². The normalized spacial score (nSPS) is 10.4. The van der Waals surface area contributed by atoms with Gasteiger partial charge in [0.1, 0.15) is 10.6 Å². The molecule has 1 N–H and O–H groups in total. The van der Waals surface area contributed by atoms with E-state index in [0.29, 0.717) is 5.89 Å². The summed E-state index contributed by atoms with van der Waals surface area (Å²) in [6, 6.07) is 0. The quantitative estimate of drug-likeness (QED) is 0.811. The molecule has 0 aliphatic heterocycles. The molecule has 0 radical (unpaired) electrons. The van der Waals surface area contributed by atoms with Crippen LogP contribution < -0.4 is 0 Å². The minimum Gasteiger partial charge on any atom is -0.481 e. The van der Waals surface area contributed by atoms with Crippen molar-refractivity contribution in [1.82, 2.24) is 15.2 Å². The molecule has 0 spiro atoms. The molecule has 2 rings (SSSR count). The van der Waals surface area contributed by atoms with Gasteiger partial charge >= 0.3 is 5.97 Å². The average molecular weight is 243 g/mol. The van der Waals surface area contributed by atoms with E-state index in [1.807, 2.05) is 0 Å². The van der Waals surface area contributed by atoms with Gasteiger partial charge in [-0.25, -0.2) is 0 Å². The minimum absolute atomic E-state index is 0.0929. The van der Waals surface area contributed by atoms with Gasteiger partial charge in [0.05, 0.1) is 11.7 Å². The Labute approximate surface area is 92.4 Å². The zero-order chi connectivity index (χ0) is 10.7. The summed E-state index contributed by atoms with van der Waals surface area (Å²) in [5.74, 6) is -0.646. The van der Waals surface area contributed by atoms with Crippen LogP contribution in [0.4, 0.5) is 0 Å². The third-order valence-electron chi connectivity index (χ3n) is 1.37. The second-order valence-corrected chi connectivity index (χ2v) is 4.23. The number of hydrogen-bond acceptors (Lipinski definition) is 7. The highest BCUT2D eigenvalue weighted by molar-refractivity contribution is 7.99. The lowest BCUT2D eigenvalue weighted by molar-refractivity contribution is -0.133. The Bertz CT molecular complexity index is 454. The molecule has 2 heterocycles. The van der Waals surface area contributed by atoms with Crippen molar-refractivity contribution < 1.29 is 14.3 Å². The van der Waals surface area contributed by atoms with Crippen LogP contribution >= 0.6 is 23.1 Å². The largest absolute Gasteiger partial charge is 0.481 e. The molecule has 0 atom stereocenters. The summed E-state index contributed by atoms with van der Waals surface area (Å²) in [7, 11) is 0. The van der Waals surface area contributed by atoms with E-state index in [1.165, 1.54) is 11.3 Å². The molecule has 0 amide bonds. The van der Waals surface area contributed by atoms with Crippen molar-refractivity contribution in [3.8, 4) is 10.8 Å². The van der Waals surface area contributed by atoms with Gasteiger partial charge in [-0.05, 0) is 0 Å². The number of aliphatic carboxylic acids is 1. The van der Waals surface area contributed by atoms with Crippen LogP contribution in [0.25, 0.3) is 10.8 Å². The van der Waals surface area contributed by atoms with Gasteiger partial charge in [0, 0.05) is 0 Å². The van der Waals surface area contributed by atoms with Crippen LogP contribution in [0.15, 0.2) is 21.3 Å². The van der Waals surface area contributed by atoms with Crippen molar-refractivity contribution in [2.75, 3.05) is 5.75 Å². The van der Waals surface area contributed by atoms with Crippen molar-refractivity contribution in [2.24, 2.45) is 0 Å². The highest BCUT2D eigenvalue weighted by Gasteiger charge is 2.11. The number of carboxylic acids is 1. The number of carbonyl (C=O) groups is 1. The summed E-state index contributed by atoms with van der Waals surface area (Å²) in [5.41, 5.74) is 1.66. The molecular formula is C7H5N3O3S2. The lowest BCUT2D eigenvalue weighted by atomic mass is 10.6. The Hall–Kier alpha value is -1.41. The number of carboxylic acid groups (broad SMARTS) is 1. The summed E-state index contributed by atoms with van der Waals surface area (Å²) in [6.07, 6.45) is 1.61. The van der Waals surface area contributed by atoms with E-state index in [4.69, 9.17) is 9.52 Å². The molecule has 0 fully saturated rings. The van der Waals surface area contributed by atoms with Gasteiger partial charge in [-0.1, -0.05) is 11.8 Å². The van der Waals surface area contributed by atoms with Crippen LogP contribution in [0.5, 0.6) is 0 Å². The van der Waals surface area contributed by atoms with E-state index >= 15 is 0 Å². The molecule has 0 aromatic carbocycles.